The third-order valence-corrected chi connectivity index (χ3v) is 5.10. The van der Waals surface area contributed by atoms with E-state index in [-0.39, 0.29) is 17.9 Å². The Kier molecular flexibility index (Phi) is 3.54. The van der Waals surface area contributed by atoms with E-state index < -0.39 is 17.6 Å². The molecule has 0 saturated carbocycles. The molecule has 4 nitrogen and oxygen atoms in total. The van der Waals surface area contributed by atoms with Crippen LogP contribution in [0.4, 0.5) is 0 Å². The lowest BCUT2D eigenvalue weighted by Gasteiger charge is -2.45. The van der Waals surface area contributed by atoms with Gasteiger partial charge in [-0.05, 0) is 32.9 Å². The van der Waals surface area contributed by atoms with Crippen LogP contribution in [0.3, 0.4) is 0 Å². The van der Waals surface area contributed by atoms with Crippen molar-refractivity contribution < 1.29 is 14.6 Å². The molecule has 5 atom stereocenters. The topological polar surface area (TPSA) is 49.8 Å². The predicted octanol–water partition coefficient (Wildman–Crippen LogP) is 1.99. The second-order valence-corrected chi connectivity index (χ2v) is 6.68. The van der Waals surface area contributed by atoms with E-state index in [0.29, 0.717) is 6.54 Å². The number of carbonyl (C=O) groups excluding carboxylic acids is 1. The van der Waals surface area contributed by atoms with Gasteiger partial charge in [-0.25, -0.2) is 0 Å². The molecule has 1 N–H and O–H groups in total. The zero-order chi connectivity index (χ0) is 15.2. The van der Waals surface area contributed by atoms with Crippen LogP contribution in [0.5, 0.6) is 0 Å². The van der Waals surface area contributed by atoms with E-state index in [4.69, 9.17) is 4.74 Å². The number of rotatable bonds is 2. The van der Waals surface area contributed by atoms with Crippen molar-refractivity contribution in [3.05, 3.63) is 35.9 Å². The van der Waals surface area contributed by atoms with E-state index in [1.165, 1.54) is 5.56 Å². The van der Waals surface area contributed by atoms with E-state index >= 15 is 0 Å². The number of esters is 1. The Hall–Kier alpha value is -1.39. The lowest BCUT2D eigenvalue weighted by molar-refractivity contribution is -0.154. The van der Waals surface area contributed by atoms with Gasteiger partial charge >= 0.3 is 5.97 Å². The molecule has 0 amide bonds. The summed E-state index contributed by atoms with van der Waals surface area (Å²) in [5, 5.41) is 9.98. The van der Waals surface area contributed by atoms with E-state index in [1.54, 1.807) is 6.92 Å². The Morgan fingerprint density at radius 2 is 2.05 bits per heavy atom. The normalized spacial score (nSPS) is 37.9. The van der Waals surface area contributed by atoms with E-state index in [0.717, 1.165) is 6.42 Å². The van der Waals surface area contributed by atoms with Crippen LogP contribution in [0, 0.1) is 11.8 Å². The van der Waals surface area contributed by atoms with Crippen LogP contribution in [0.2, 0.25) is 0 Å². The van der Waals surface area contributed by atoms with Gasteiger partial charge in [-0.1, -0.05) is 30.3 Å². The molecule has 4 heteroatoms. The largest absolute Gasteiger partial charge is 0.457 e. The fourth-order valence-electron chi connectivity index (χ4n) is 4.09. The zero-order valence-electron chi connectivity index (χ0n) is 12.8. The Morgan fingerprint density at radius 1 is 1.38 bits per heavy atom. The molecule has 0 bridgehead atoms. The fraction of sp³-hybridized carbons (Fsp3) is 0.588. The van der Waals surface area contributed by atoms with Gasteiger partial charge in [0, 0.05) is 18.5 Å². The molecule has 2 fully saturated rings. The number of likely N-dealkylation sites (N-methyl/N-ethyl adjacent to an activating group) is 1. The zero-order valence-corrected chi connectivity index (χ0v) is 12.8. The Morgan fingerprint density at radius 3 is 2.67 bits per heavy atom. The third-order valence-electron chi connectivity index (χ3n) is 5.10. The van der Waals surface area contributed by atoms with Crippen LogP contribution in [-0.4, -0.2) is 41.3 Å². The number of hydrogen-bond donors (Lipinski definition) is 1. The van der Waals surface area contributed by atoms with Crippen LogP contribution in [0.1, 0.15) is 31.9 Å². The van der Waals surface area contributed by atoms with E-state index in [9.17, 15) is 9.90 Å². The first kappa shape index (κ1) is 14.5. The summed E-state index contributed by atoms with van der Waals surface area (Å²) < 4.78 is 5.64. The van der Waals surface area contributed by atoms with Crippen LogP contribution in [0.15, 0.2) is 30.3 Å². The monoisotopic (exact) mass is 289 g/mol. The molecule has 3 rings (SSSR count). The summed E-state index contributed by atoms with van der Waals surface area (Å²) >= 11 is 0. The number of likely N-dealkylation sites (tertiary alicyclic amines) is 1. The highest BCUT2D eigenvalue weighted by atomic mass is 16.6. The standard InChI is InChI=1S/C17H23NO3/c1-11(19)15-13-9-14(12-7-5-4-6-8-12)18(3)10-17(13,2)21-16(15)20/h4-8,11,13-15,19H,9-10H2,1-3H3. The lowest BCUT2D eigenvalue weighted by Crippen LogP contribution is -2.52. The van der Waals surface area contributed by atoms with Gasteiger partial charge in [0.05, 0.1) is 12.0 Å². The minimum absolute atomic E-state index is 0.0615. The van der Waals surface area contributed by atoms with Gasteiger partial charge in [-0.15, -0.1) is 0 Å². The summed E-state index contributed by atoms with van der Waals surface area (Å²) in [7, 11) is 2.07. The van der Waals surface area contributed by atoms with Crippen LogP contribution < -0.4 is 0 Å². The molecule has 1 aromatic rings. The summed E-state index contributed by atoms with van der Waals surface area (Å²) in [6.45, 7) is 4.38. The first-order valence-corrected chi connectivity index (χ1v) is 7.58. The van der Waals surface area contributed by atoms with E-state index in [2.05, 4.69) is 24.1 Å². The molecule has 0 aromatic heterocycles. The number of piperidine rings is 1. The lowest BCUT2D eigenvalue weighted by atomic mass is 9.72. The third kappa shape index (κ3) is 2.36. The molecule has 0 radical (unpaired) electrons. The Labute approximate surface area is 125 Å². The first-order valence-electron chi connectivity index (χ1n) is 7.58. The molecule has 0 spiro atoms. The van der Waals surface area contributed by atoms with Crippen molar-refractivity contribution in [2.75, 3.05) is 13.6 Å². The van der Waals surface area contributed by atoms with Gasteiger partial charge in [0.2, 0.25) is 0 Å². The SMILES string of the molecule is CC(O)C1C(=O)OC2(C)CN(C)C(c3ccccc3)CC12. The first-order chi connectivity index (χ1) is 9.92. The van der Waals surface area contributed by atoms with Crippen molar-refractivity contribution in [2.24, 2.45) is 11.8 Å². The highest BCUT2D eigenvalue weighted by molar-refractivity contribution is 5.76. The van der Waals surface area contributed by atoms with Crippen molar-refractivity contribution >= 4 is 5.97 Å². The van der Waals surface area contributed by atoms with Crippen LogP contribution in [-0.2, 0) is 9.53 Å². The smallest absolute Gasteiger partial charge is 0.312 e. The maximum atomic E-state index is 12.1. The molecule has 1 aromatic carbocycles. The minimum Gasteiger partial charge on any atom is -0.457 e. The maximum absolute atomic E-state index is 12.1. The highest BCUT2D eigenvalue weighted by Gasteiger charge is 2.57. The predicted molar refractivity (Wildman–Crippen MR) is 79.6 cm³/mol. The second kappa shape index (κ2) is 5.11. The van der Waals surface area contributed by atoms with Crippen molar-refractivity contribution in [3.63, 3.8) is 0 Å². The summed E-state index contributed by atoms with van der Waals surface area (Å²) in [6, 6.07) is 10.6. The molecule has 0 aliphatic carbocycles. The number of fused-ring (bicyclic) bond motifs is 1. The number of aliphatic hydroxyl groups excluding tert-OH is 1. The van der Waals surface area contributed by atoms with E-state index in [1.807, 2.05) is 25.1 Å². The average Bonchev–Trinajstić information content (AvgIpc) is 2.67. The van der Waals surface area contributed by atoms with Crippen LogP contribution in [0.25, 0.3) is 0 Å². The van der Waals surface area contributed by atoms with Gasteiger partial charge in [-0.3, -0.25) is 9.69 Å². The van der Waals surface area contributed by atoms with Crippen LogP contribution >= 0.6 is 0 Å². The van der Waals surface area contributed by atoms with Crippen molar-refractivity contribution in [1.29, 1.82) is 0 Å². The molecular formula is C17H23NO3. The molecule has 2 aliphatic rings. The summed E-state index contributed by atoms with van der Waals surface area (Å²) in [5.41, 5.74) is 0.768. The molecule has 2 saturated heterocycles. The van der Waals surface area contributed by atoms with Gasteiger partial charge in [0.1, 0.15) is 5.60 Å². The van der Waals surface area contributed by atoms with Crippen molar-refractivity contribution in [1.82, 2.24) is 4.90 Å². The molecule has 5 unspecified atom stereocenters. The number of carbonyl (C=O) groups is 1. The number of nitrogens with zero attached hydrogens (tertiary/aromatic N) is 1. The molecule has 2 aliphatic heterocycles. The number of hydrogen-bond acceptors (Lipinski definition) is 4. The summed E-state index contributed by atoms with van der Waals surface area (Å²) in [4.78, 5) is 14.4. The second-order valence-electron chi connectivity index (χ2n) is 6.68. The molecule has 114 valence electrons. The van der Waals surface area contributed by atoms with Gasteiger partial charge in [-0.2, -0.15) is 0 Å². The quantitative estimate of drug-likeness (QED) is 0.846. The van der Waals surface area contributed by atoms with Gasteiger partial charge in [0.15, 0.2) is 0 Å². The van der Waals surface area contributed by atoms with Crippen molar-refractivity contribution in [2.45, 2.75) is 38.0 Å². The van der Waals surface area contributed by atoms with Crippen molar-refractivity contribution in [3.8, 4) is 0 Å². The molecular weight excluding hydrogens is 266 g/mol. The van der Waals surface area contributed by atoms with Gasteiger partial charge < -0.3 is 9.84 Å². The van der Waals surface area contributed by atoms with Gasteiger partial charge in [0.25, 0.3) is 0 Å². The minimum atomic E-state index is -0.663. The number of aliphatic hydroxyl groups is 1. The Balaban J connectivity index is 1.92. The Bertz CT molecular complexity index is 530. The molecule has 21 heavy (non-hydrogen) atoms. The number of benzene rings is 1. The fourth-order valence-corrected chi connectivity index (χ4v) is 4.09. The highest BCUT2D eigenvalue weighted by Crippen LogP contribution is 2.49. The molecule has 2 heterocycles. The summed E-state index contributed by atoms with van der Waals surface area (Å²) in [5.74, 6) is -0.596. The average molecular weight is 289 g/mol. The maximum Gasteiger partial charge on any atom is 0.312 e. The number of ether oxygens (including phenoxy) is 1. The summed E-state index contributed by atoms with van der Waals surface area (Å²) in [6.07, 6.45) is 0.169.